The van der Waals surface area contributed by atoms with Gasteiger partial charge in [-0.05, 0) is 30.9 Å². The minimum atomic E-state index is -3.37. The molecular formula is C13H20N2O2S. The van der Waals surface area contributed by atoms with Crippen LogP contribution in [0.5, 0.6) is 0 Å². The van der Waals surface area contributed by atoms with E-state index in [1.54, 1.807) is 12.1 Å². The lowest BCUT2D eigenvalue weighted by atomic mass is 10.2. The molecule has 100 valence electrons. The van der Waals surface area contributed by atoms with Crippen molar-refractivity contribution in [2.75, 3.05) is 6.54 Å². The van der Waals surface area contributed by atoms with Crippen molar-refractivity contribution >= 4 is 10.0 Å². The molecule has 1 aliphatic rings. The zero-order valence-corrected chi connectivity index (χ0v) is 11.5. The van der Waals surface area contributed by atoms with Gasteiger partial charge in [0.25, 0.3) is 0 Å². The van der Waals surface area contributed by atoms with E-state index in [4.69, 9.17) is 0 Å². The van der Waals surface area contributed by atoms with Crippen molar-refractivity contribution in [3.05, 3.63) is 29.8 Å². The molecule has 1 saturated carbocycles. The molecule has 4 nitrogen and oxygen atoms in total. The molecule has 0 aliphatic heterocycles. The second-order valence-electron chi connectivity index (χ2n) is 4.66. The molecule has 0 bridgehead atoms. The fourth-order valence-electron chi connectivity index (χ4n) is 1.77. The lowest BCUT2D eigenvalue weighted by Gasteiger charge is -2.11. The minimum Gasteiger partial charge on any atom is -0.310 e. The van der Waals surface area contributed by atoms with Gasteiger partial charge in [-0.15, -0.1) is 0 Å². The Hall–Kier alpha value is -0.910. The summed E-state index contributed by atoms with van der Waals surface area (Å²) in [6.07, 6.45) is 3.19. The summed E-state index contributed by atoms with van der Waals surface area (Å²) in [5, 5.41) is 3.35. The molecule has 0 aromatic heterocycles. The first-order valence-corrected chi connectivity index (χ1v) is 7.93. The summed E-state index contributed by atoms with van der Waals surface area (Å²) in [5.74, 6) is 0. The smallest absolute Gasteiger partial charge is 0.240 e. The molecule has 0 atom stereocenters. The topological polar surface area (TPSA) is 58.2 Å². The molecule has 5 heteroatoms. The standard InChI is InChI=1S/C13H20N2O2S/c1-2-9-15-18(16,17)13-6-4-3-5-11(13)10-14-12-7-8-12/h3-6,12,14-15H,2,7-10H2,1H3. The first kappa shape index (κ1) is 13.5. The summed E-state index contributed by atoms with van der Waals surface area (Å²) in [6.45, 7) is 3.05. The summed E-state index contributed by atoms with van der Waals surface area (Å²) in [6, 6.07) is 7.76. The highest BCUT2D eigenvalue weighted by Crippen LogP contribution is 2.21. The van der Waals surface area contributed by atoms with Gasteiger partial charge in [0.05, 0.1) is 4.90 Å². The number of hydrogen-bond donors (Lipinski definition) is 2. The van der Waals surface area contributed by atoms with Gasteiger partial charge in [-0.3, -0.25) is 0 Å². The molecule has 1 fully saturated rings. The lowest BCUT2D eigenvalue weighted by molar-refractivity contribution is 0.577. The molecule has 0 amide bonds. The predicted octanol–water partition coefficient (Wildman–Crippen LogP) is 1.63. The Labute approximate surface area is 109 Å². The zero-order chi connectivity index (χ0) is 13.0. The average Bonchev–Trinajstić information content (AvgIpc) is 3.18. The highest BCUT2D eigenvalue weighted by atomic mass is 32.2. The van der Waals surface area contributed by atoms with E-state index in [1.807, 2.05) is 19.1 Å². The zero-order valence-electron chi connectivity index (χ0n) is 10.6. The fraction of sp³-hybridized carbons (Fsp3) is 0.538. The van der Waals surface area contributed by atoms with E-state index in [0.717, 1.165) is 12.0 Å². The van der Waals surface area contributed by atoms with Crippen LogP contribution in [0.15, 0.2) is 29.2 Å². The summed E-state index contributed by atoms with van der Waals surface area (Å²) >= 11 is 0. The third-order valence-electron chi connectivity index (χ3n) is 2.96. The highest BCUT2D eigenvalue weighted by Gasteiger charge is 2.22. The van der Waals surface area contributed by atoms with E-state index in [1.165, 1.54) is 12.8 Å². The summed E-state index contributed by atoms with van der Waals surface area (Å²) in [7, 11) is -3.37. The van der Waals surface area contributed by atoms with Crippen molar-refractivity contribution in [3.8, 4) is 0 Å². The van der Waals surface area contributed by atoms with Gasteiger partial charge in [0.1, 0.15) is 0 Å². The van der Waals surface area contributed by atoms with Crippen LogP contribution in [-0.2, 0) is 16.6 Å². The Kier molecular flexibility index (Phi) is 4.37. The molecule has 0 spiro atoms. The maximum atomic E-state index is 12.1. The van der Waals surface area contributed by atoms with E-state index in [0.29, 0.717) is 24.0 Å². The molecule has 18 heavy (non-hydrogen) atoms. The first-order chi connectivity index (χ1) is 8.63. The Morgan fingerprint density at radius 3 is 2.67 bits per heavy atom. The second kappa shape index (κ2) is 5.82. The van der Waals surface area contributed by atoms with Gasteiger partial charge in [0.15, 0.2) is 0 Å². The lowest BCUT2D eigenvalue weighted by Crippen LogP contribution is -2.26. The van der Waals surface area contributed by atoms with Crippen LogP contribution in [0.2, 0.25) is 0 Å². The Bertz CT molecular complexity index is 495. The predicted molar refractivity (Wildman–Crippen MR) is 71.8 cm³/mol. The van der Waals surface area contributed by atoms with E-state index in [9.17, 15) is 8.42 Å². The van der Waals surface area contributed by atoms with Crippen molar-refractivity contribution in [1.82, 2.24) is 10.0 Å². The van der Waals surface area contributed by atoms with E-state index < -0.39 is 10.0 Å². The number of sulfonamides is 1. The summed E-state index contributed by atoms with van der Waals surface area (Å²) in [4.78, 5) is 0.395. The monoisotopic (exact) mass is 268 g/mol. The van der Waals surface area contributed by atoms with Crippen LogP contribution in [0.3, 0.4) is 0 Å². The maximum absolute atomic E-state index is 12.1. The van der Waals surface area contributed by atoms with Gasteiger partial charge in [-0.25, -0.2) is 13.1 Å². The van der Waals surface area contributed by atoms with Gasteiger partial charge in [-0.1, -0.05) is 25.1 Å². The first-order valence-electron chi connectivity index (χ1n) is 6.44. The van der Waals surface area contributed by atoms with Gasteiger partial charge < -0.3 is 5.32 Å². The molecule has 0 saturated heterocycles. The van der Waals surface area contributed by atoms with Crippen molar-refractivity contribution < 1.29 is 8.42 Å². The van der Waals surface area contributed by atoms with Crippen molar-refractivity contribution in [2.45, 2.75) is 43.7 Å². The largest absolute Gasteiger partial charge is 0.310 e. The number of hydrogen-bond acceptors (Lipinski definition) is 3. The van der Waals surface area contributed by atoms with Gasteiger partial charge in [0, 0.05) is 19.1 Å². The van der Waals surface area contributed by atoms with Crippen molar-refractivity contribution in [1.29, 1.82) is 0 Å². The van der Waals surface area contributed by atoms with Gasteiger partial charge in [-0.2, -0.15) is 0 Å². The summed E-state index contributed by atoms with van der Waals surface area (Å²) < 4.78 is 26.9. The quantitative estimate of drug-likeness (QED) is 0.790. The number of nitrogens with one attached hydrogen (secondary N) is 2. The van der Waals surface area contributed by atoms with Crippen LogP contribution in [0.25, 0.3) is 0 Å². The summed E-state index contributed by atoms with van der Waals surface area (Å²) in [5.41, 5.74) is 0.841. The molecular weight excluding hydrogens is 248 g/mol. The van der Waals surface area contributed by atoms with Gasteiger partial charge in [0.2, 0.25) is 10.0 Å². The maximum Gasteiger partial charge on any atom is 0.240 e. The van der Waals surface area contributed by atoms with Crippen LogP contribution in [0.4, 0.5) is 0 Å². The molecule has 1 aromatic carbocycles. The van der Waals surface area contributed by atoms with Crippen LogP contribution >= 0.6 is 0 Å². The molecule has 2 N–H and O–H groups in total. The molecule has 1 aliphatic carbocycles. The fourth-order valence-corrected chi connectivity index (χ4v) is 3.14. The molecule has 1 aromatic rings. The van der Waals surface area contributed by atoms with Gasteiger partial charge >= 0.3 is 0 Å². The molecule has 0 unspecified atom stereocenters. The van der Waals surface area contributed by atoms with Crippen LogP contribution in [0, 0.1) is 0 Å². The highest BCUT2D eigenvalue weighted by molar-refractivity contribution is 7.89. The second-order valence-corrected chi connectivity index (χ2v) is 6.40. The minimum absolute atomic E-state index is 0.395. The normalized spacial score (nSPS) is 15.8. The number of benzene rings is 1. The van der Waals surface area contributed by atoms with Crippen LogP contribution in [-0.4, -0.2) is 21.0 Å². The Morgan fingerprint density at radius 1 is 1.28 bits per heavy atom. The van der Waals surface area contributed by atoms with E-state index in [2.05, 4.69) is 10.0 Å². The SMILES string of the molecule is CCCNS(=O)(=O)c1ccccc1CNC1CC1. The van der Waals surface area contributed by atoms with E-state index >= 15 is 0 Å². The third-order valence-corrected chi connectivity index (χ3v) is 4.52. The third kappa shape index (κ3) is 3.54. The number of rotatable bonds is 7. The Morgan fingerprint density at radius 2 is 2.00 bits per heavy atom. The molecule has 0 heterocycles. The average molecular weight is 268 g/mol. The van der Waals surface area contributed by atoms with Crippen molar-refractivity contribution in [3.63, 3.8) is 0 Å². The molecule has 0 radical (unpaired) electrons. The molecule has 2 rings (SSSR count). The van der Waals surface area contributed by atoms with Crippen LogP contribution < -0.4 is 10.0 Å². The van der Waals surface area contributed by atoms with E-state index in [-0.39, 0.29) is 0 Å². The van der Waals surface area contributed by atoms with Crippen molar-refractivity contribution in [2.24, 2.45) is 0 Å². The van der Waals surface area contributed by atoms with Crippen LogP contribution in [0.1, 0.15) is 31.7 Å². The Balaban J connectivity index is 2.14.